The first kappa shape index (κ1) is 39.7. The summed E-state index contributed by atoms with van der Waals surface area (Å²) < 4.78 is 0. The van der Waals surface area contributed by atoms with Crippen LogP contribution in [0.5, 0.6) is 0 Å². The Morgan fingerprint density at radius 1 is 0.277 bits per heavy atom. The second kappa shape index (κ2) is 14.9. The fraction of sp³-hybridized carbons (Fsp3) is 0.488. The summed E-state index contributed by atoms with van der Waals surface area (Å²) >= 11 is 0. The molecule has 9 aliphatic rings. The molecule has 0 bridgehead atoms. The third-order valence-corrected chi connectivity index (χ3v) is 11.6. The zero-order valence-electron chi connectivity index (χ0n) is 29.3. The van der Waals surface area contributed by atoms with Crippen LogP contribution >= 0.6 is 0 Å². The predicted molar refractivity (Wildman–Crippen MR) is 177 cm³/mol. The monoisotopic (exact) mass is 1300 g/mol. The molecule has 246 valence electrons. The molecule has 0 saturated heterocycles. The van der Waals surface area contributed by atoms with Crippen LogP contribution in [0, 0.1) is 48.0 Å². The van der Waals surface area contributed by atoms with Crippen molar-refractivity contribution in [2.24, 2.45) is 23.7 Å². The van der Waals surface area contributed by atoms with E-state index >= 15 is 0 Å². The van der Waals surface area contributed by atoms with Crippen molar-refractivity contribution in [2.45, 2.75) is 113 Å². The van der Waals surface area contributed by atoms with E-state index in [1.165, 1.54) is 63.8 Å². The molecule has 0 unspecified atom stereocenters. The molecule has 0 nitrogen and oxygen atoms in total. The summed E-state index contributed by atoms with van der Waals surface area (Å²) in [5.74, 6) is 2.57. The molecule has 0 aromatic rings. The summed E-state index contributed by atoms with van der Waals surface area (Å²) in [5, 5.41) is 0. The van der Waals surface area contributed by atoms with Gasteiger partial charge in [0.15, 0.2) is 0 Å². The maximum absolute atomic E-state index is 3.73. The van der Waals surface area contributed by atoms with Crippen molar-refractivity contribution < 1.29 is 84.3 Å². The van der Waals surface area contributed by atoms with Crippen LogP contribution in [0.2, 0.25) is 0 Å². The van der Waals surface area contributed by atoms with E-state index in [0.717, 1.165) is 38.5 Å². The maximum atomic E-state index is 3.73. The fourth-order valence-electron chi connectivity index (χ4n) is 8.85. The molecule has 0 atom stereocenters. The molecular formula is C43H46W4-4. The second-order valence-corrected chi connectivity index (χ2v) is 15.5. The Labute approximate surface area is 342 Å². The Hall–Kier alpha value is -0.107. The SMILES string of the molecule is CC(C)C1=[C-]C2=C(C1)C1=C(C2)C2=C(C1)C1=C([C-]=C(C(C)C)C1)C2.CC(C)C1=[C-]C2=C(C1)C1=C(C2)C2=C([C-]=C(C(C)C)C2)C1.[W].[W].[W].[W]. The van der Waals surface area contributed by atoms with Crippen LogP contribution in [0.15, 0.2) is 100 Å². The molecule has 4 heteroatoms. The van der Waals surface area contributed by atoms with E-state index in [4.69, 9.17) is 0 Å². The molecular weight excluding hydrogens is 1250 g/mol. The first-order valence-corrected chi connectivity index (χ1v) is 17.1. The van der Waals surface area contributed by atoms with Crippen molar-refractivity contribution >= 4 is 0 Å². The van der Waals surface area contributed by atoms with Crippen molar-refractivity contribution in [3.8, 4) is 0 Å². The molecule has 47 heavy (non-hydrogen) atoms. The van der Waals surface area contributed by atoms with Gasteiger partial charge in [-0.25, -0.2) is 46.6 Å². The minimum absolute atomic E-state index is 0. The van der Waals surface area contributed by atoms with E-state index in [2.05, 4.69) is 79.7 Å². The quantitative estimate of drug-likeness (QED) is 0.246. The van der Waals surface area contributed by atoms with E-state index in [0.29, 0.717) is 23.7 Å². The topological polar surface area (TPSA) is 0 Å². The van der Waals surface area contributed by atoms with Gasteiger partial charge in [0.2, 0.25) is 0 Å². The van der Waals surface area contributed by atoms with E-state index in [1.54, 1.807) is 55.7 Å². The van der Waals surface area contributed by atoms with Gasteiger partial charge < -0.3 is 0 Å². The molecule has 9 rings (SSSR count). The van der Waals surface area contributed by atoms with Gasteiger partial charge in [-0.05, 0) is 42.9 Å². The van der Waals surface area contributed by atoms with Crippen LogP contribution in [-0.2, 0) is 84.3 Å². The van der Waals surface area contributed by atoms with Crippen molar-refractivity contribution in [1.82, 2.24) is 0 Å². The van der Waals surface area contributed by atoms with Crippen LogP contribution in [0.25, 0.3) is 0 Å². The van der Waals surface area contributed by atoms with Gasteiger partial charge in [0.1, 0.15) is 0 Å². The molecule has 0 fully saturated rings. The zero-order valence-corrected chi connectivity index (χ0v) is 41.0. The van der Waals surface area contributed by atoms with Crippen molar-refractivity contribution in [1.29, 1.82) is 0 Å². The van der Waals surface area contributed by atoms with Crippen LogP contribution in [0.3, 0.4) is 0 Å². The van der Waals surface area contributed by atoms with Crippen LogP contribution in [0.4, 0.5) is 0 Å². The number of rotatable bonds is 4. The van der Waals surface area contributed by atoms with Crippen molar-refractivity contribution in [3.63, 3.8) is 0 Å². The largest absolute Gasteiger partial charge is 0.248 e. The van der Waals surface area contributed by atoms with Gasteiger partial charge in [-0.15, -0.1) is 22.3 Å². The van der Waals surface area contributed by atoms with Gasteiger partial charge in [-0.3, -0.25) is 0 Å². The first-order valence-electron chi connectivity index (χ1n) is 17.1. The molecule has 0 saturated carbocycles. The van der Waals surface area contributed by atoms with E-state index < -0.39 is 0 Å². The Morgan fingerprint density at radius 2 is 0.468 bits per heavy atom. The molecule has 0 aromatic heterocycles. The molecule has 0 aromatic carbocycles. The summed E-state index contributed by atoms with van der Waals surface area (Å²) in [5.41, 5.74) is 28.6. The number of hydrogen-bond donors (Lipinski definition) is 0. The number of fused-ring (bicyclic) bond motifs is 5. The summed E-state index contributed by atoms with van der Waals surface area (Å²) in [6.07, 6.45) is 25.3. The van der Waals surface area contributed by atoms with E-state index in [1.807, 2.05) is 0 Å². The average Bonchev–Trinajstić information content (AvgIpc) is 3.76. The van der Waals surface area contributed by atoms with Gasteiger partial charge >= 0.3 is 0 Å². The standard InChI is InChI=1S/C23H24.C20H22.4W/c1-12(2)14-5-16-9-20-21-10-17-6-15(13(3)4)8-19(17)23(21)11-22(20)18(16)7-14;1-11(2)13-5-15-9-20-18-8-14(12(3)4)6-16(18)10-19(20)17(15)7-13;;;;/h12-13H,7-11H2,1-4H3;11-12H,7-10H2,1-4H3;;;;/q2*-2;;;;. The van der Waals surface area contributed by atoms with Gasteiger partial charge in [-0.2, -0.15) is 44.6 Å². The Bertz CT molecular complexity index is 1630. The molecule has 0 aliphatic heterocycles. The van der Waals surface area contributed by atoms with Gasteiger partial charge in [-0.1, -0.05) is 105 Å². The minimum Gasteiger partial charge on any atom is -0.248 e. The number of hydrogen-bond acceptors (Lipinski definition) is 0. The van der Waals surface area contributed by atoms with E-state index in [-0.39, 0.29) is 84.3 Å². The third-order valence-electron chi connectivity index (χ3n) is 11.6. The molecule has 0 heterocycles. The first-order chi connectivity index (χ1) is 20.6. The van der Waals surface area contributed by atoms with Crippen molar-refractivity contribution in [2.75, 3.05) is 0 Å². The zero-order chi connectivity index (χ0) is 29.9. The molecule has 0 amide bonds. The molecule has 0 spiro atoms. The normalized spacial score (nSPS) is 22.6. The predicted octanol–water partition coefficient (Wildman–Crippen LogP) is 11.2. The van der Waals surface area contributed by atoms with Gasteiger partial charge in [0.25, 0.3) is 0 Å². The smallest absolute Gasteiger partial charge is 0 e. The third kappa shape index (κ3) is 6.58. The van der Waals surface area contributed by atoms with Crippen LogP contribution in [0.1, 0.15) is 113 Å². The number of allylic oxidation sites excluding steroid dienone is 22. The summed E-state index contributed by atoms with van der Waals surface area (Å²) in [6.45, 7) is 18.4. The fourth-order valence-corrected chi connectivity index (χ4v) is 8.85. The Kier molecular flexibility index (Phi) is 12.5. The van der Waals surface area contributed by atoms with Crippen molar-refractivity contribution in [3.05, 3.63) is 125 Å². The van der Waals surface area contributed by atoms with Gasteiger partial charge in [0, 0.05) is 84.3 Å². The summed E-state index contributed by atoms with van der Waals surface area (Å²) in [4.78, 5) is 0. The van der Waals surface area contributed by atoms with Crippen LogP contribution < -0.4 is 0 Å². The summed E-state index contributed by atoms with van der Waals surface area (Å²) in [7, 11) is 0. The average molecular weight is 1300 g/mol. The Morgan fingerprint density at radius 3 is 0.681 bits per heavy atom. The van der Waals surface area contributed by atoms with Crippen LogP contribution in [-0.4, -0.2) is 0 Å². The van der Waals surface area contributed by atoms with E-state index in [9.17, 15) is 0 Å². The second-order valence-electron chi connectivity index (χ2n) is 15.5. The minimum atomic E-state index is 0. The molecule has 0 N–H and O–H groups in total. The Balaban J connectivity index is 0.000000198. The molecule has 0 radical (unpaired) electrons. The summed E-state index contributed by atoms with van der Waals surface area (Å²) in [6, 6.07) is 0. The maximum Gasteiger partial charge on any atom is 0 e. The molecule has 9 aliphatic carbocycles. The van der Waals surface area contributed by atoms with Gasteiger partial charge in [0.05, 0.1) is 0 Å².